The number of nitrogens with one attached hydrogen (secondary N) is 1. The molecule has 2 aromatic carbocycles. The van der Waals surface area contributed by atoms with E-state index in [1.807, 2.05) is 19.1 Å². The largest absolute Gasteiger partial charge is 0.416 e. The van der Waals surface area contributed by atoms with Crippen molar-refractivity contribution in [3.8, 4) is 0 Å². The quantitative estimate of drug-likeness (QED) is 0.491. The van der Waals surface area contributed by atoms with Crippen molar-refractivity contribution in [1.82, 2.24) is 9.88 Å². The summed E-state index contributed by atoms with van der Waals surface area (Å²) in [7, 11) is 4.26. The summed E-state index contributed by atoms with van der Waals surface area (Å²) in [5.74, 6) is 0. The summed E-state index contributed by atoms with van der Waals surface area (Å²) >= 11 is 0. The highest BCUT2D eigenvalue weighted by Crippen LogP contribution is 2.36. The van der Waals surface area contributed by atoms with Gasteiger partial charge in [-0.3, -0.25) is 4.98 Å². The molecule has 1 saturated heterocycles. The van der Waals surface area contributed by atoms with Crippen molar-refractivity contribution in [3.63, 3.8) is 0 Å². The summed E-state index contributed by atoms with van der Waals surface area (Å²) in [5, 5.41) is 4.41. The summed E-state index contributed by atoms with van der Waals surface area (Å²) in [6.07, 6.45) is -0.388. The monoisotopic (exact) mass is 456 g/mol. The van der Waals surface area contributed by atoms with E-state index < -0.39 is 11.7 Å². The van der Waals surface area contributed by atoms with Gasteiger partial charge >= 0.3 is 6.18 Å². The first-order chi connectivity index (χ1) is 15.6. The number of aromatic nitrogens is 1. The van der Waals surface area contributed by atoms with Gasteiger partial charge in [0.1, 0.15) is 0 Å². The maximum absolute atomic E-state index is 13.4. The summed E-state index contributed by atoms with van der Waals surface area (Å²) in [5.41, 5.74) is 3.19. The average Bonchev–Trinajstić information content (AvgIpc) is 2.78. The molecule has 2 heterocycles. The molecule has 4 rings (SSSR count). The minimum Gasteiger partial charge on any atom is -0.378 e. The van der Waals surface area contributed by atoms with Gasteiger partial charge in [-0.1, -0.05) is 12.1 Å². The van der Waals surface area contributed by atoms with Crippen LogP contribution in [0.15, 0.2) is 48.7 Å². The van der Waals surface area contributed by atoms with Crippen LogP contribution >= 0.6 is 0 Å². The van der Waals surface area contributed by atoms with E-state index in [2.05, 4.69) is 46.3 Å². The third-order valence-corrected chi connectivity index (χ3v) is 6.80. The minimum absolute atomic E-state index is 0.257. The van der Waals surface area contributed by atoms with E-state index in [0.29, 0.717) is 11.6 Å². The van der Waals surface area contributed by atoms with Gasteiger partial charge in [-0.05, 0) is 82.2 Å². The maximum Gasteiger partial charge on any atom is 0.416 e. The molecule has 1 aromatic heterocycles. The number of hydrogen-bond acceptors (Lipinski definition) is 4. The molecule has 0 radical (unpaired) electrons. The van der Waals surface area contributed by atoms with E-state index >= 15 is 0 Å². The lowest BCUT2D eigenvalue weighted by molar-refractivity contribution is -0.138. The first-order valence-corrected chi connectivity index (χ1v) is 11.4. The van der Waals surface area contributed by atoms with E-state index in [0.717, 1.165) is 54.3 Å². The smallest absolute Gasteiger partial charge is 0.378 e. The molecule has 176 valence electrons. The number of fused-ring (bicyclic) bond motifs is 1. The molecule has 7 heteroatoms. The van der Waals surface area contributed by atoms with E-state index in [4.69, 9.17) is 0 Å². The Morgan fingerprint density at radius 3 is 2.48 bits per heavy atom. The molecule has 1 N–H and O–H groups in total. The van der Waals surface area contributed by atoms with E-state index in [-0.39, 0.29) is 11.6 Å². The number of rotatable bonds is 5. The highest BCUT2D eigenvalue weighted by molar-refractivity contribution is 5.93. The zero-order chi connectivity index (χ0) is 23.8. The van der Waals surface area contributed by atoms with Crippen LogP contribution in [0.1, 0.15) is 42.5 Å². The maximum atomic E-state index is 13.4. The van der Waals surface area contributed by atoms with Crippen LogP contribution in [-0.4, -0.2) is 43.1 Å². The highest BCUT2D eigenvalue weighted by atomic mass is 19.4. The van der Waals surface area contributed by atoms with E-state index in [1.165, 1.54) is 13.0 Å². The molecule has 33 heavy (non-hydrogen) atoms. The van der Waals surface area contributed by atoms with Crippen LogP contribution in [0.2, 0.25) is 0 Å². The van der Waals surface area contributed by atoms with E-state index in [9.17, 15) is 13.2 Å². The number of piperidine rings is 1. The van der Waals surface area contributed by atoms with Gasteiger partial charge in [0.05, 0.1) is 11.1 Å². The van der Waals surface area contributed by atoms with Gasteiger partial charge < -0.3 is 15.1 Å². The number of hydrogen-bond donors (Lipinski definition) is 1. The van der Waals surface area contributed by atoms with Crippen LogP contribution in [-0.2, 0) is 6.18 Å². The Labute approximate surface area is 193 Å². The van der Waals surface area contributed by atoms with Crippen molar-refractivity contribution < 1.29 is 13.2 Å². The summed E-state index contributed by atoms with van der Waals surface area (Å²) in [6, 6.07) is 12.9. The normalized spacial score (nSPS) is 16.4. The van der Waals surface area contributed by atoms with Crippen LogP contribution in [0.3, 0.4) is 0 Å². The zero-order valence-electron chi connectivity index (χ0n) is 19.6. The molecule has 1 atom stereocenters. The third-order valence-electron chi connectivity index (χ3n) is 6.80. The summed E-state index contributed by atoms with van der Waals surface area (Å²) in [4.78, 5) is 9.19. The Morgan fingerprint density at radius 1 is 1.09 bits per heavy atom. The predicted octanol–water partition coefficient (Wildman–Crippen LogP) is 6.27. The second-order valence-corrected chi connectivity index (χ2v) is 9.13. The van der Waals surface area contributed by atoms with Gasteiger partial charge in [-0.25, -0.2) is 0 Å². The lowest BCUT2D eigenvalue weighted by Crippen LogP contribution is -2.41. The molecule has 0 aliphatic carbocycles. The fraction of sp³-hybridized carbons (Fsp3) is 0.423. The van der Waals surface area contributed by atoms with Gasteiger partial charge in [0, 0.05) is 48.1 Å². The lowest BCUT2D eigenvalue weighted by atomic mass is 9.97. The number of anilines is 2. The van der Waals surface area contributed by atoms with Gasteiger partial charge in [-0.2, -0.15) is 13.2 Å². The fourth-order valence-corrected chi connectivity index (χ4v) is 4.84. The van der Waals surface area contributed by atoms with Crippen LogP contribution in [0.4, 0.5) is 24.5 Å². The lowest BCUT2D eigenvalue weighted by Gasteiger charge is -2.36. The molecular formula is C26H31F3N4. The standard InChI is InChI=1S/C26H31F3N4/c1-17-21(6-5-7-23(17)26(27,28)29)18(2)31-25-10-13-30-24-9-8-20(16-22(24)25)33-14-11-19(12-15-33)32(3)4/h5-10,13,16,18-19H,11-12,14-15H2,1-4H3,(H,30,31)/t18-/m1/s1. The summed E-state index contributed by atoms with van der Waals surface area (Å²) < 4.78 is 40.1. The SMILES string of the molecule is Cc1c([C@@H](C)Nc2ccnc3ccc(N4CCC(N(C)C)CC4)cc23)cccc1C(F)(F)F. The van der Waals surface area contributed by atoms with Crippen LogP contribution in [0.5, 0.6) is 0 Å². The number of pyridine rings is 1. The molecule has 4 nitrogen and oxygen atoms in total. The predicted molar refractivity (Wildman–Crippen MR) is 129 cm³/mol. The minimum atomic E-state index is -4.36. The molecule has 0 saturated carbocycles. The first kappa shape index (κ1) is 23.4. The van der Waals surface area contributed by atoms with Crippen molar-refractivity contribution >= 4 is 22.3 Å². The Kier molecular flexibility index (Phi) is 6.52. The molecule has 0 spiro atoms. The molecule has 3 aromatic rings. The molecule has 0 bridgehead atoms. The Bertz CT molecular complexity index is 1120. The van der Waals surface area contributed by atoms with Crippen LogP contribution < -0.4 is 10.2 Å². The van der Waals surface area contributed by atoms with Crippen molar-refractivity contribution in [2.45, 2.75) is 44.9 Å². The number of alkyl halides is 3. The second kappa shape index (κ2) is 9.21. The van der Waals surface area contributed by atoms with Crippen molar-refractivity contribution in [1.29, 1.82) is 0 Å². The highest BCUT2D eigenvalue weighted by Gasteiger charge is 2.33. The van der Waals surface area contributed by atoms with Crippen LogP contribution in [0, 0.1) is 6.92 Å². The van der Waals surface area contributed by atoms with E-state index in [1.54, 1.807) is 12.3 Å². The fourth-order valence-electron chi connectivity index (χ4n) is 4.84. The van der Waals surface area contributed by atoms with Crippen LogP contribution in [0.25, 0.3) is 10.9 Å². The number of halogens is 3. The van der Waals surface area contributed by atoms with Crippen molar-refractivity contribution in [3.05, 3.63) is 65.4 Å². The number of nitrogens with zero attached hydrogens (tertiary/aromatic N) is 3. The Hall–Kier alpha value is -2.80. The first-order valence-electron chi connectivity index (χ1n) is 11.4. The third kappa shape index (κ3) is 4.93. The Balaban J connectivity index is 1.61. The molecular weight excluding hydrogens is 425 g/mol. The van der Waals surface area contributed by atoms with Crippen molar-refractivity contribution in [2.24, 2.45) is 0 Å². The molecule has 1 aliphatic heterocycles. The topological polar surface area (TPSA) is 31.4 Å². The molecule has 1 aliphatic rings. The van der Waals surface area contributed by atoms with Crippen molar-refractivity contribution in [2.75, 3.05) is 37.4 Å². The zero-order valence-corrected chi connectivity index (χ0v) is 19.6. The van der Waals surface area contributed by atoms with Gasteiger partial charge in [0.15, 0.2) is 0 Å². The van der Waals surface area contributed by atoms with Gasteiger partial charge in [0.25, 0.3) is 0 Å². The second-order valence-electron chi connectivity index (χ2n) is 9.13. The molecule has 0 unspecified atom stereocenters. The Morgan fingerprint density at radius 2 is 1.82 bits per heavy atom. The molecule has 0 amide bonds. The van der Waals surface area contributed by atoms with Gasteiger partial charge in [-0.15, -0.1) is 0 Å². The average molecular weight is 457 g/mol. The summed E-state index contributed by atoms with van der Waals surface area (Å²) in [6.45, 7) is 5.43. The molecule has 1 fully saturated rings. The number of benzene rings is 2. The van der Waals surface area contributed by atoms with Gasteiger partial charge in [0.2, 0.25) is 0 Å².